The minimum absolute atomic E-state index is 0.0846. The van der Waals surface area contributed by atoms with E-state index in [2.05, 4.69) is 17.1 Å². The van der Waals surface area contributed by atoms with Crippen LogP contribution in [-0.4, -0.2) is 36.5 Å². The molecule has 0 spiro atoms. The predicted octanol–water partition coefficient (Wildman–Crippen LogP) is 2.07. The summed E-state index contributed by atoms with van der Waals surface area (Å²) in [6.45, 7) is 5.58. The molecule has 102 valence electrons. The van der Waals surface area contributed by atoms with Crippen molar-refractivity contribution < 1.29 is 4.79 Å². The largest absolute Gasteiger partial charge is 0.348 e. The summed E-state index contributed by atoms with van der Waals surface area (Å²) in [5, 5.41) is 3.22. The van der Waals surface area contributed by atoms with E-state index in [4.69, 9.17) is 0 Å². The Morgan fingerprint density at radius 1 is 1.26 bits per heavy atom. The highest BCUT2D eigenvalue weighted by Crippen LogP contribution is 2.27. The first-order valence-corrected chi connectivity index (χ1v) is 7.38. The van der Waals surface area contributed by atoms with E-state index in [0.29, 0.717) is 12.0 Å². The molecule has 3 aliphatic heterocycles. The number of carbonyl (C=O) groups is 1. The van der Waals surface area contributed by atoms with Gasteiger partial charge in [0.05, 0.1) is 0 Å². The molecule has 1 aromatic carbocycles. The van der Waals surface area contributed by atoms with Gasteiger partial charge in [0.15, 0.2) is 0 Å². The first-order valence-electron chi connectivity index (χ1n) is 7.38. The molecule has 3 fully saturated rings. The van der Waals surface area contributed by atoms with E-state index in [1.807, 2.05) is 24.3 Å². The molecule has 19 heavy (non-hydrogen) atoms. The zero-order valence-corrected chi connectivity index (χ0v) is 11.6. The van der Waals surface area contributed by atoms with Gasteiger partial charge >= 0.3 is 0 Å². The Hall–Kier alpha value is -1.35. The summed E-state index contributed by atoms with van der Waals surface area (Å²) in [4.78, 5) is 14.7. The van der Waals surface area contributed by atoms with Crippen LogP contribution in [0.15, 0.2) is 24.3 Å². The Balaban J connectivity index is 1.64. The van der Waals surface area contributed by atoms with Gasteiger partial charge in [0.2, 0.25) is 0 Å². The van der Waals surface area contributed by atoms with Gasteiger partial charge in [-0.2, -0.15) is 0 Å². The highest BCUT2D eigenvalue weighted by atomic mass is 16.1. The van der Waals surface area contributed by atoms with Crippen LogP contribution in [0, 0.1) is 5.92 Å². The molecular weight excluding hydrogens is 236 g/mol. The van der Waals surface area contributed by atoms with Crippen molar-refractivity contribution in [3.8, 4) is 0 Å². The third-order valence-electron chi connectivity index (χ3n) is 4.60. The average molecular weight is 258 g/mol. The van der Waals surface area contributed by atoms with E-state index in [9.17, 15) is 4.79 Å². The third kappa shape index (κ3) is 2.66. The topological polar surface area (TPSA) is 32.3 Å². The number of aryl methyl sites for hydroxylation is 1. The smallest absolute Gasteiger partial charge is 0.251 e. The molecule has 3 nitrogen and oxygen atoms in total. The van der Waals surface area contributed by atoms with Gasteiger partial charge in [0, 0.05) is 18.2 Å². The lowest BCUT2D eigenvalue weighted by molar-refractivity contribution is 0.0620. The zero-order chi connectivity index (χ0) is 13.2. The molecular formula is C16H22N2O. The molecule has 1 atom stereocenters. The van der Waals surface area contributed by atoms with Crippen molar-refractivity contribution in [3.05, 3.63) is 35.4 Å². The molecule has 4 rings (SSSR count). The van der Waals surface area contributed by atoms with Crippen LogP contribution in [0.3, 0.4) is 0 Å². The fourth-order valence-electron chi connectivity index (χ4n) is 3.27. The number of carbonyl (C=O) groups excluding carboxylic acids is 1. The van der Waals surface area contributed by atoms with Gasteiger partial charge in [-0.1, -0.05) is 19.1 Å². The molecule has 2 bridgehead atoms. The predicted molar refractivity (Wildman–Crippen MR) is 76.2 cm³/mol. The summed E-state index contributed by atoms with van der Waals surface area (Å²) in [5.74, 6) is 0.769. The molecule has 0 aliphatic carbocycles. The molecule has 0 unspecified atom stereocenters. The number of nitrogens with one attached hydrogen (secondary N) is 1. The number of benzene rings is 1. The number of hydrogen-bond donors (Lipinski definition) is 1. The van der Waals surface area contributed by atoms with Gasteiger partial charge < -0.3 is 10.2 Å². The minimum atomic E-state index is 0.0846. The van der Waals surface area contributed by atoms with E-state index in [-0.39, 0.29) is 5.91 Å². The van der Waals surface area contributed by atoms with E-state index in [1.165, 1.54) is 31.5 Å². The summed E-state index contributed by atoms with van der Waals surface area (Å²) < 4.78 is 0. The fourth-order valence-corrected chi connectivity index (χ4v) is 3.27. The summed E-state index contributed by atoms with van der Waals surface area (Å²) in [5.41, 5.74) is 2.06. The fraction of sp³-hybridized carbons (Fsp3) is 0.562. The number of amides is 1. The summed E-state index contributed by atoms with van der Waals surface area (Å²) >= 11 is 0. The first kappa shape index (κ1) is 12.7. The maximum atomic E-state index is 12.3. The molecule has 3 aliphatic rings. The molecule has 3 heteroatoms. The summed E-state index contributed by atoms with van der Waals surface area (Å²) in [6, 6.07) is 8.32. The standard InChI is InChI=1S/C16H22N2O/c1-2-12-3-5-14(6-4-12)16(19)17-15-11-18-9-7-13(15)8-10-18/h3-6,13,15H,2,7-11H2,1H3,(H,17,19)/t15-/m0/s1. The second-order valence-electron chi connectivity index (χ2n) is 5.77. The van der Waals surface area contributed by atoms with Gasteiger partial charge in [-0.3, -0.25) is 4.79 Å². The Morgan fingerprint density at radius 3 is 2.47 bits per heavy atom. The van der Waals surface area contributed by atoms with Crippen molar-refractivity contribution in [2.75, 3.05) is 19.6 Å². The normalized spacial score (nSPS) is 29.2. The van der Waals surface area contributed by atoms with Gasteiger partial charge in [-0.25, -0.2) is 0 Å². The van der Waals surface area contributed by atoms with Crippen LogP contribution in [0.2, 0.25) is 0 Å². The number of rotatable bonds is 3. The summed E-state index contributed by atoms with van der Waals surface area (Å²) in [7, 11) is 0. The van der Waals surface area contributed by atoms with Crippen molar-refractivity contribution in [2.45, 2.75) is 32.2 Å². The Bertz CT molecular complexity index is 446. The van der Waals surface area contributed by atoms with Gasteiger partial charge in [-0.05, 0) is 56.0 Å². The highest BCUT2D eigenvalue weighted by Gasteiger charge is 2.34. The van der Waals surface area contributed by atoms with Crippen molar-refractivity contribution >= 4 is 5.91 Å². The van der Waals surface area contributed by atoms with Gasteiger partial charge in [0.25, 0.3) is 5.91 Å². The molecule has 1 N–H and O–H groups in total. The van der Waals surface area contributed by atoms with E-state index < -0.39 is 0 Å². The van der Waals surface area contributed by atoms with E-state index in [0.717, 1.165) is 18.5 Å². The number of hydrogen-bond acceptors (Lipinski definition) is 2. The molecule has 3 saturated heterocycles. The summed E-state index contributed by atoms with van der Waals surface area (Å²) in [6.07, 6.45) is 3.49. The molecule has 1 amide bonds. The number of nitrogens with zero attached hydrogens (tertiary/aromatic N) is 1. The van der Waals surface area contributed by atoms with E-state index >= 15 is 0 Å². The van der Waals surface area contributed by atoms with Crippen LogP contribution in [-0.2, 0) is 6.42 Å². The number of piperidine rings is 3. The molecule has 0 radical (unpaired) electrons. The van der Waals surface area contributed by atoms with Crippen molar-refractivity contribution in [2.24, 2.45) is 5.92 Å². The maximum absolute atomic E-state index is 12.3. The van der Waals surface area contributed by atoms with Crippen LogP contribution in [0.5, 0.6) is 0 Å². The van der Waals surface area contributed by atoms with Gasteiger partial charge in [-0.15, -0.1) is 0 Å². The molecule has 1 aromatic rings. The Morgan fingerprint density at radius 2 is 1.95 bits per heavy atom. The van der Waals surface area contributed by atoms with Gasteiger partial charge in [0.1, 0.15) is 0 Å². The van der Waals surface area contributed by atoms with Crippen molar-refractivity contribution in [3.63, 3.8) is 0 Å². The Kier molecular flexibility index (Phi) is 3.56. The van der Waals surface area contributed by atoms with Crippen LogP contribution in [0.25, 0.3) is 0 Å². The molecule has 3 heterocycles. The van der Waals surface area contributed by atoms with Crippen LogP contribution < -0.4 is 5.32 Å². The van der Waals surface area contributed by atoms with Crippen molar-refractivity contribution in [1.82, 2.24) is 10.2 Å². The quantitative estimate of drug-likeness (QED) is 0.900. The lowest BCUT2D eigenvalue weighted by Crippen LogP contribution is -2.57. The molecule has 0 aromatic heterocycles. The highest BCUT2D eigenvalue weighted by molar-refractivity contribution is 5.94. The first-order chi connectivity index (χ1) is 9.26. The zero-order valence-electron chi connectivity index (χ0n) is 11.6. The van der Waals surface area contributed by atoms with Crippen molar-refractivity contribution in [1.29, 1.82) is 0 Å². The third-order valence-corrected chi connectivity index (χ3v) is 4.60. The van der Waals surface area contributed by atoms with Crippen LogP contribution in [0.4, 0.5) is 0 Å². The maximum Gasteiger partial charge on any atom is 0.251 e. The SMILES string of the molecule is CCc1ccc(C(=O)N[C@H]2CN3CCC2CC3)cc1. The lowest BCUT2D eigenvalue weighted by atomic mass is 9.84. The second kappa shape index (κ2) is 5.33. The monoisotopic (exact) mass is 258 g/mol. The average Bonchev–Trinajstić information content (AvgIpc) is 2.48. The second-order valence-corrected chi connectivity index (χ2v) is 5.77. The number of fused-ring (bicyclic) bond motifs is 3. The molecule has 0 saturated carbocycles. The lowest BCUT2D eigenvalue weighted by Gasteiger charge is -2.44. The van der Waals surface area contributed by atoms with Crippen LogP contribution >= 0.6 is 0 Å². The van der Waals surface area contributed by atoms with E-state index in [1.54, 1.807) is 0 Å². The Labute approximate surface area is 115 Å². The minimum Gasteiger partial charge on any atom is -0.348 e. The van der Waals surface area contributed by atoms with Crippen LogP contribution in [0.1, 0.15) is 35.7 Å².